The predicted molar refractivity (Wildman–Crippen MR) is 231 cm³/mol. The molecule has 0 unspecified atom stereocenters. The molecule has 0 atom stereocenters. The average Bonchev–Trinajstić information content (AvgIpc) is 3.79. The molecule has 0 radical (unpaired) electrons. The van der Waals surface area contributed by atoms with Crippen molar-refractivity contribution in [2.45, 2.75) is 0 Å². The Morgan fingerprint density at radius 2 is 0.672 bits per heavy atom. The molecule has 0 saturated heterocycles. The van der Waals surface area contributed by atoms with Crippen molar-refractivity contribution < 1.29 is 18.9 Å². The molecular formula is C49H37N5O4. The Labute approximate surface area is 334 Å². The van der Waals surface area contributed by atoms with E-state index in [2.05, 4.69) is 81.9 Å². The zero-order valence-electron chi connectivity index (χ0n) is 32.3. The molecule has 0 aliphatic rings. The van der Waals surface area contributed by atoms with Crippen molar-refractivity contribution in [3.05, 3.63) is 152 Å². The SMILES string of the molecule is COc1ccc2c(c1)c1cc(OC)ccc1n2-c1ccccc1-c1nc(-c2ccccc2)nc(-c2ccccc2-n2c3ccc(OC)cc3c3cc(OC)ccc32)n1. The van der Waals surface area contributed by atoms with Crippen LogP contribution in [0.1, 0.15) is 0 Å². The van der Waals surface area contributed by atoms with Crippen molar-refractivity contribution in [3.63, 3.8) is 0 Å². The molecule has 0 bridgehead atoms. The first kappa shape index (κ1) is 34.8. The van der Waals surface area contributed by atoms with E-state index in [1.807, 2.05) is 78.9 Å². The van der Waals surface area contributed by atoms with Gasteiger partial charge in [-0.25, -0.2) is 15.0 Å². The monoisotopic (exact) mass is 759 g/mol. The van der Waals surface area contributed by atoms with Crippen LogP contribution < -0.4 is 18.9 Å². The maximum Gasteiger partial charge on any atom is 0.166 e. The van der Waals surface area contributed by atoms with Gasteiger partial charge in [0, 0.05) is 38.2 Å². The molecule has 58 heavy (non-hydrogen) atoms. The summed E-state index contributed by atoms with van der Waals surface area (Å²) >= 11 is 0. The van der Waals surface area contributed by atoms with Gasteiger partial charge >= 0.3 is 0 Å². The van der Waals surface area contributed by atoms with Crippen LogP contribution in [0.15, 0.2) is 152 Å². The van der Waals surface area contributed by atoms with Crippen molar-refractivity contribution >= 4 is 43.6 Å². The van der Waals surface area contributed by atoms with Crippen LogP contribution in [0.4, 0.5) is 0 Å². The molecule has 0 aliphatic carbocycles. The Hall–Kier alpha value is -7.65. The van der Waals surface area contributed by atoms with E-state index in [9.17, 15) is 0 Å². The molecule has 0 N–H and O–H groups in total. The van der Waals surface area contributed by atoms with Gasteiger partial charge in [-0.05, 0) is 97.1 Å². The molecule has 9 nitrogen and oxygen atoms in total. The largest absolute Gasteiger partial charge is 0.497 e. The smallest absolute Gasteiger partial charge is 0.166 e. The van der Waals surface area contributed by atoms with Gasteiger partial charge < -0.3 is 28.1 Å². The number of hydrogen-bond acceptors (Lipinski definition) is 7. The first-order chi connectivity index (χ1) is 28.6. The van der Waals surface area contributed by atoms with Gasteiger partial charge in [-0.3, -0.25) is 0 Å². The first-order valence-electron chi connectivity index (χ1n) is 18.9. The van der Waals surface area contributed by atoms with Crippen molar-refractivity contribution in [3.8, 4) is 68.5 Å². The summed E-state index contributed by atoms with van der Waals surface area (Å²) in [4.78, 5) is 15.8. The zero-order chi connectivity index (χ0) is 39.3. The Morgan fingerprint density at radius 3 is 1.03 bits per heavy atom. The van der Waals surface area contributed by atoms with E-state index < -0.39 is 0 Å². The van der Waals surface area contributed by atoms with Crippen LogP contribution in [-0.4, -0.2) is 52.5 Å². The van der Waals surface area contributed by atoms with Gasteiger partial charge in [0.25, 0.3) is 0 Å². The molecule has 3 aromatic heterocycles. The van der Waals surface area contributed by atoms with Crippen LogP contribution in [0.2, 0.25) is 0 Å². The summed E-state index contributed by atoms with van der Waals surface area (Å²) in [6.07, 6.45) is 0. The highest BCUT2D eigenvalue weighted by Crippen LogP contribution is 2.41. The Bertz CT molecular complexity index is 2870. The third-order valence-corrected chi connectivity index (χ3v) is 10.8. The van der Waals surface area contributed by atoms with E-state index >= 15 is 0 Å². The number of nitrogens with zero attached hydrogens (tertiary/aromatic N) is 5. The number of hydrogen-bond donors (Lipinski definition) is 0. The van der Waals surface area contributed by atoms with Crippen LogP contribution in [-0.2, 0) is 0 Å². The van der Waals surface area contributed by atoms with E-state index in [0.29, 0.717) is 17.5 Å². The highest BCUT2D eigenvalue weighted by Gasteiger charge is 2.22. The van der Waals surface area contributed by atoms with E-state index in [0.717, 1.165) is 94.7 Å². The lowest BCUT2D eigenvalue weighted by molar-refractivity contribution is 0.415. The molecule has 0 amide bonds. The maximum absolute atomic E-state index is 5.67. The number of ether oxygens (including phenoxy) is 4. The summed E-state index contributed by atoms with van der Waals surface area (Å²) in [5.41, 5.74) is 8.48. The predicted octanol–water partition coefficient (Wildman–Crippen LogP) is 11.1. The number of para-hydroxylation sites is 2. The molecule has 10 aromatic rings. The second-order valence-corrected chi connectivity index (χ2v) is 13.9. The van der Waals surface area contributed by atoms with Crippen LogP contribution in [0, 0.1) is 0 Å². The molecule has 0 aliphatic heterocycles. The Balaban J connectivity index is 1.23. The van der Waals surface area contributed by atoms with Crippen molar-refractivity contribution in [1.29, 1.82) is 0 Å². The van der Waals surface area contributed by atoms with Gasteiger partial charge in [0.1, 0.15) is 23.0 Å². The van der Waals surface area contributed by atoms with Gasteiger partial charge in [-0.15, -0.1) is 0 Å². The fourth-order valence-corrected chi connectivity index (χ4v) is 8.04. The summed E-state index contributed by atoms with van der Waals surface area (Å²) in [5.74, 6) is 4.76. The highest BCUT2D eigenvalue weighted by molar-refractivity contribution is 6.12. The van der Waals surface area contributed by atoms with E-state index in [1.165, 1.54) is 0 Å². The quantitative estimate of drug-likeness (QED) is 0.145. The molecule has 10 rings (SSSR count). The zero-order valence-corrected chi connectivity index (χ0v) is 32.3. The van der Waals surface area contributed by atoms with Crippen molar-refractivity contribution in [2.24, 2.45) is 0 Å². The highest BCUT2D eigenvalue weighted by atomic mass is 16.5. The lowest BCUT2D eigenvalue weighted by Gasteiger charge is -2.16. The second-order valence-electron chi connectivity index (χ2n) is 13.9. The van der Waals surface area contributed by atoms with Crippen LogP contribution in [0.25, 0.3) is 89.2 Å². The summed E-state index contributed by atoms with van der Waals surface area (Å²) in [6.45, 7) is 0. The van der Waals surface area contributed by atoms with E-state index in [1.54, 1.807) is 28.4 Å². The summed E-state index contributed by atoms with van der Waals surface area (Å²) in [6, 6.07) is 51.2. The number of methoxy groups -OCH3 is 4. The third kappa shape index (κ3) is 5.66. The molecular weight excluding hydrogens is 723 g/mol. The minimum absolute atomic E-state index is 0.544. The molecule has 0 spiro atoms. The minimum Gasteiger partial charge on any atom is -0.497 e. The van der Waals surface area contributed by atoms with Gasteiger partial charge in [-0.2, -0.15) is 0 Å². The number of rotatable bonds is 9. The number of aromatic nitrogens is 5. The van der Waals surface area contributed by atoms with Crippen molar-refractivity contribution in [1.82, 2.24) is 24.1 Å². The lowest BCUT2D eigenvalue weighted by Crippen LogP contribution is -2.05. The second kappa shape index (κ2) is 14.1. The fraction of sp³-hybridized carbons (Fsp3) is 0.0816. The van der Waals surface area contributed by atoms with Crippen LogP contribution in [0.5, 0.6) is 23.0 Å². The molecule has 0 saturated carbocycles. The molecule has 9 heteroatoms. The van der Waals surface area contributed by atoms with Crippen molar-refractivity contribution in [2.75, 3.05) is 28.4 Å². The normalized spacial score (nSPS) is 11.4. The van der Waals surface area contributed by atoms with E-state index in [4.69, 9.17) is 33.9 Å². The first-order valence-corrected chi connectivity index (χ1v) is 18.9. The Morgan fingerprint density at radius 1 is 0.345 bits per heavy atom. The van der Waals surface area contributed by atoms with Gasteiger partial charge in [-0.1, -0.05) is 54.6 Å². The number of fused-ring (bicyclic) bond motifs is 6. The lowest BCUT2D eigenvalue weighted by atomic mass is 10.1. The summed E-state index contributed by atoms with van der Waals surface area (Å²) in [5, 5.41) is 4.17. The van der Waals surface area contributed by atoms with Crippen LogP contribution in [0.3, 0.4) is 0 Å². The van der Waals surface area contributed by atoms with Crippen LogP contribution >= 0.6 is 0 Å². The molecule has 0 fully saturated rings. The average molecular weight is 760 g/mol. The minimum atomic E-state index is 0.544. The summed E-state index contributed by atoms with van der Waals surface area (Å²) < 4.78 is 27.2. The van der Waals surface area contributed by atoms with Gasteiger partial charge in [0.05, 0.1) is 61.9 Å². The molecule has 282 valence electrons. The number of benzene rings is 7. The van der Waals surface area contributed by atoms with Gasteiger partial charge in [0.15, 0.2) is 17.5 Å². The summed E-state index contributed by atoms with van der Waals surface area (Å²) in [7, 11) is 6.75. The van der Waals surface area contributed by atoms with Gasteiger partial charge in [0.2, 0.25) is 0 Å². The maximum atomic E-state index is 5.67. The third-order valence-electron chi connectivity index (χ3n) is 10.8. The van der Waals surface area contributed by atoms with E-state index in [-0.39, 0.29) is 0 Å². The molecule has 7 aromatic carbocycles. The standard InChI is InChI=1S/C49H37N5O4/c1-55-31-18-22-43-37(26-31)38-27-32(56-2)19-23-44(38)53(43)41-16-10-8-14-35(41)48-50-47(30-12-6-5-7-13-30)51-49(52-48)36-15-9-11-17-42(36)54-45-24-20-33(57-3)28-39(45)40-29-34(58-4)21-25-46(40)54/h5-29H,1-4H3. The fourth-order valence-electron chi connectivity index (χ4n) is 8.04. The Kier molecular flexibility index (Phi) is 8.48. The topological polar surface area (TPSA) is 85.5 Å². The molecule has 3 heterocycles.